The molecule has 2 atom stereocenters. The van der Waals surface area contributed by atoms with E-state index in [1.54, 1.807) is 7.11 Å². The molecular weight excluding hydrogens is 250 g/mol. The standard InChI is InChI=1S/C14H20ClNO2/c1-10-12(15)4-3-5-13(10)18-14(9-17-2)11-6-7-16-8-11/h3-5,11,14,16H,6-9H2,1-2H3/t11-,14+/m0/s1. The maximum absolute atomic E-state index is 6.11. The van der Waals surface area contributed by atoms with Crippen LogP contribution in [-0.4, -0.2) is 32.9 Å². The van der Waals surface area contributed by atoms with Crippen molar-refractivity contribution in [1.82, 2.24) is 5.32 Å². The number of hydrogen-bond donors (Lipinski definition) is 1. The highest BCUT2D eigenvalue weighted by molar-refractivity contribution is 6.31. The van der Waals surface area contributed by atoms with Gasteiger partial charge >= 0.3 is 0 Å². The van der Waals surface area contributed by atoms with Gasteiger partial charge in [-0.15, -0.1) is 0 Å². The number of benzene rings is 1. The zero-order valence-electron chi connectivity index (χ0n) is 10.9. The van der Waals surface area contributed by atoms with Gasteiger partial charge in [0.15, 0.2) is 0 Å². The normalized spacial score (nSPS) is 20.9. The van der Waals surface area contributed by atoms with Crippen LogP contribution in [0.3, 0.4) is 0 Å². The summed E-state index contributed by atoms with van der Waals surface area (Å²) in [5.74, 6) is 1.36. The van der Waals surface area contributed by atoms with Crippen molar-refractivity contribution in [3.8, 4) is 5.75 Å². The summed E-state index contributed by atoms with van der Waals surface area (Å²) in [6.45, 7) is 4.64. The second kappa shape index (κ2) is 6.41. The second-order valence-electron chi connectivity index (χ2n) is 4.73. The van der Waals surface area contributed by atoms with Gasteiger partial charge in [-0.1, -0.05) is 17.7 Å². The Morgan fingerprint density at radius 3 is 3.00 bits per heavy atom. The SMILES string of the molecule is COC[C@@H](Oc1cccc(Cl)c1C)[C@H]1CCNC1. The first-order chi connectivity index (χ1) is 8.72. The third-order valence-corrected chi connectivity index (χ3v) is 3.86. The van der Waals surface area contributed by atoms with Gasteiger partial charge in [-0.3, -0.25) is 0 Å². The third-order valence-electron chi connectivity index (χ3n) is 3.45. The molecular formula is C14H20ClNO2. The number of nitrogens with one attached hydrogen (secondary N) is 1. The summed E-state index contributed by atoms with van der Waals surface area (Å²) in [5, 5.41) is 4.11. The van der Waals surface area contributed by atoms with Gasteiger partial charge in [0.25, 0.3) is 0 Å². The van der Waals surface area contributed by atoms with Crippen molar-refractivity contribution >= 4 is 11.6 Å². The highest BCUT2D eigenvalue weighted by Gasteiger charge is 2.27. The first-order valence-corrected chi connectivity index (χ1v) is 6.71. The lowest BCUT2D eigenvalue weighted by atomic mass is 10.0. The van der Waals surface area contributed by atoms with Crippen molar-refractivity contribution in [2.45, 2.75) is 19.4 Å². The quantitative estimate of drug-likeness (QED) is 0.891. The lowest BCUT2D eigenvalue weighted by Gasteiger charge is -2.24. The molecule has 0 radical (unpaired) electrons. The van der Waals surface area contributed by atoms with Crippen LogP contribution in [-0.2, 0) is 4.74 Å². The predicted octanol–water partition coefficient (Wildman–Crippen LogP) is 2.65. The van der Waals surface area contributed by atoms with E-state index < -0.39 is 0 Å². The Balaban J connectivity index is 2.10. The largest absolute Gasteiger partial charge is 0.487 e. The van der Waals surface area contributed by atoms with Gasteiger partial charge in [0.2, 0.25) is 0 Å². The van der Waals surface area contributed by atoms with Gasteiger partial charge in [-0.05, 0) is 32.0 Å². The molecule has 0 aromatic heterocycles. The lowest BCUT2D eigenvalue weighted by Crippen LogP contribution is -2.33. The molecule has 18 heavy (non-hydrogen) atoms. The summed E-state index contributed by atoms with van der Waals surface area (Å²) in [6, 6.07) is 5.76. The Morgan fingerprint density at radius 2 is 2.33 bits per heavy atom. The Hall–Kier alpha value is -0.770. The van der Waals surface area contributed by atoms with Crippen LogP contribution in [0.2, 0.25) is 5.02 Å². The van der Waals surface area contributed by atoms with E-state index in [1.807, 2.05) is 25.1 Å². The molecule has 0 unspecified atom stereocenters. The van der Waals surface area contributed by atoms with E-state index in [1.165, 1.54) is 0 Å². The highest BCUT2D eigenvalue weighted by atomic mass is 35.5. The summed E-state index contributed by atoms with van der Waals surface area (Å²) in [5.41, 5.74) is 0.992. The number of ether oxygens (including phenoxy) is 2. The molecule has 3 nitrogen and oxygen atoms in total. The fourth-order valence-corrected chi connectivity index (χ4v) is 2.47. The van der Waals surface area contributed by atoms with Gasteiger partial charge in [0, 0.05) is 30.2 Å². The Kier molecular flexibility index (Phi) is 4.87. The van der Waals surface area contributed by atoms with Crippen molar-refractivity contribution in [3.63, 3.8) is 0 Å². The van der Waals surface area contributed by atoms with Crippen molar-refractivity contribution in [2.75, 3.05) is 26.8 Å². The molecule has 0 spiro atoms. The van der Waals surface area contributed by atoms with E-state index in [4.69, 9.17) is 21.1 Å². The maximum atomic E-state index is 6.11. The van der Waals surface area contributed by atoms with Crippen LogP contribution in [0.5, 0.6) is 5.75 Å². The molecule has 0 bridgehead atoms. The molecule has 1 saturated heterocycles. The molecule has 4 heteroatoms. The summed E-state index contributed by atoms with van der Waals surface area (Å²) < 4.78 is 11.4. The lowest BCUT2D eigenvalue weighted by molar-refractivity contribution is 0.0478. The molecule has 1 heterocycles. The van der Waals surface area contributed by atoms with Gasteiger partial charge < -0.3 is 14.8 Å². The van der Waals surface area contributed by atoms with E-state index in [2.05, 4.69) is 5.32 Å². The molecule has 0 amide bonds. The molecule has 0 saturated carbocycles. The van der Waals surface area contributed by atoms with Gasteiger partial charge in [-0.25, -0.2) is 0 Å². The van der Waals surface area contributed by atoms with Crippen molar-refractivity contribution in [2.24, 2.45) is 5.92 Å². The minimum absolute atomic E-state index is 0.0853. The molecule has 1 aliphatic heterocycles. The maximum Gasteiger partial charge on any atom is 0.126 e. The van der Waals surface area contributed by atoms with E-state index in [9.17, 15) is 0 Å². The Morgan fingerprint density at radius 1 is 1.50 bits per heavy atom. The van der Waals surface area contributed by atoms with Crippen molar-refractivity contribution < 1.29 is 9.47 Å². The monoisotopic (exact) mass is 269 g/mol. The average Bonchev–Trinajstić information content (AvgIpc) is 2.88. The van der Waals surface area contributed by atoms with Crippen LogP contribution in [0.4, 0.5) is 0 Å². The summed E-state index contributed by atoms with van der Waals surface area (Å²) in [6.07, 6.45) is 1.22. The van der Waals surface area contributed by atoms with E-state index >= 15 is 0 Å². The zero-order valence-corrected chi connectivity index (χ0v) is 11.7. The topological polar surface area (TPSA) is 30.5 Å². The number of rotatable bonds is 5. The summed E-state index contributed by atoms with van der Waals surface area (Å²) >= 11 is 6.11. The average molecular weight is 270 g/mol. The van der Waals surface area contributed by atoms with Crippen LogP contribution in [0.25, 0.3) is 0 Å². The van der Waals surface area contributed by atoms with Crippen LogP contribution in [0, 0.1) is 12.8 Å². The smallest absolute Gasteiger partial charge is 0.126 e. The van der Waals surface area contributed by atoms with Crippen LogP contribution < -0.4 is 10.1 Å². The molecule has 2 rings (SSSR count). The Labute approximate surface area is 113 Å². The van der Waals surface area contributed by atoms with Crippen LogP contribution in [0.15, 0.2) is 18.2 Å². The number of hydrogen-bond acceptors (Lipinski definition) is 3. The number of methoxy groups -OCH3 is 1. The van der Waals surface area contributed by atoms with Crippen molar-refractivity contribution in [3.05, 3.63) is 28.8 Å². The predicted molar refractivity (Wildman–Crippen MR) is 73.5 cm³/mol. The first kappa shape index (κ1) is 13.7. The molecule has 1 N–H and O–H groups in total. The van der Waals surface area contributed by atoms with E-state index in [0.717, 1.165) is 35.8 Å². The van der Waals surface area contributed by atoms with Gasteiger partial charge in [0.05, 0.1) is 6.61 Å². The fourth-order valence-electron chi connectivity index (χ4n) is 2.30. The van der Waals surface area contributed by atoms with E-state index in [-0.39, 0.29) is 6.10 Å². The molecule has 1 fully saturated rings. The molecule has 1 aromatic carbocycles. The van der Waals surface area contributed by atoms with Crippen LogP contribution in [0.1, 0.15) is 12.0 Å². The molecule has 0 aliphatic carbocycles. The van der Waals surface area contributed by atoms with E-state index in [0.29, 0.717) is 12.5 Å². The van der Waals surface area contributed by atoms with Gasteiger partial charge in [-0.2, -0.15) is 0 Å². The van der Waals surface area contributed by atoms with Crippen LogP contribution >= 0.6 is 11.6 Å². The molecule has 100 valence electrons. The fraction of sp³-hybridized carbons (Fsp3) is 0.571. The first-order valence-electron chi connectivity index (χ1n) is 6.33. The molecule has 1 aliphatic rings. The summed E-state index contributed by atoms with van der Waals surface area (Å²) in [4.78, 5) is 0. The zero-order chi connectivity index (χ0) is 13.0. The van der Waals surface area contributed by atoms with Crippen molar-refractivity contribution in [1.29, 1.82) is 0 Å². The minimum Gasteiger partial charge on any atom is -0.487 e. The third kappa shape index (κ3) is 3.16. The van der Waals surface area contributed by atoms with Gasteiger partial charge in [0.1, 0.15) is 11.9 Å². The Bertz CT molecular complexity index is 391. The second-order valence-corrected chi connectivity index (χ2v) is 5.13. The minimum atomic E-state index is 0.0853. The molecule has 1 aromatic rings. The summed E-state index contributed by atoms with van der Waals surface area (Å²) in [7, 11) is 1.71. The number of halogens is 1. The highest BCUT2D eigenvalue weighted by Crippen LogP contribution is 2.28.